The summed E-state index contributed by atoms with van der Waals surface area (Å²) in [5.41, 5.74) is 9.35. The lowest BCUT2D eigenvalue weighted by Crippen LogP contribution is -2.46. The van der Waals surface area contributed by atoms with Crippen molar-refractivity contribution in [1.29, 1.82) is 0 Å². The van der Waals surface area contributed by atoms with Gasteiger partial charge in [-0.05, 0) is 29.8 Å². The van der Waals surface area contributed by atoms with E-state index in [1.54, 1.807) is 7.11 Å². The number of benzene rings is 2. The maximum atomic E-state index is 5.65. The Morgan fingerprint density at radius 1 is 0.909 bits per heavy atom. The Hall–Kier alpha value is -2.20. The Balaban J connectivity index is 1.64. The summed E-state index contributed by atoms with van der Waals surface area (Å²) in [6.07, 6.45) is 0. The molecule has 0 bridgehead atoms. The number of hydrogen-bond acceptors (Lipinski definition) is 4. The van der Waals surface area contributed by atoms with E-state index in [1.807, 2.05) is 12.1 Å². The molecule has 0 atom stereocenters. The molecule has 3 rings (SSSR count). The SMILES string of the molecule is COc1cccc(N2CCN(c3ccc(CN)cc3)CC2)c1. The number of nitrogens with two attached hydrogens (primary N) is 1. The number of nitrogens with zero attached hydrogens (tertiary/aromatic N) is 2. The Morgan fingerprint density at radius 2 is 1.55 bits per heavy atom. The van der Waals surface area contributed by atoms with Crippen molar-refractivity contribution in [2.24, 2.45) is 5.73 Å². The summed E-state index contributed by atoms with van der Waals surface area (Å²) >= 11 is 0. The average molecular weight is 297 g/mol. The normalized spacial score (nSPS) is 15.0. The van der Waals surface area contributed by atoms with Crippen molar-refractivity contribution in [3.05, 3.63) is 54.1 Å². The molecule has 4 nitrogen and oxygen atoms in total. The molecule has 0 aliphatic carbocycles. The zero-order valence-electron chi connectivity index (χ0n) is 13.0. The van der Waals surface area contributed by atoms with Gasteiger partial charge in [0.25, 0.3) is 0 Å². The molecule has 1 saturated heterocycles. The first kappa shape index (κ1) is 14.7. The highest BCUT2D eigenvalue weighted by molar-refractivity contribution is 5.54. The largest absolute Gasteiger partial charge is 0.497 e. The van der Waals surface area contributed by atoms with Crippen LogP contribution in [0.3, 0.4) is 0 Å². The Labute approximate surface area is 132 Å². The van der Waals surface area contributed by atoms with E-state index in [4.69, 9.17) is 10.5 Å². The first-order chi connectivity index (χ1) is 10.8. The fourth-order valence-corrected chi connectivity index (χ4v) is 2.87. The lowest BCUT2D eigenvalue weighted by Gasteiger charge is -2.37. The second-order valence-corrected chi connectivity index (χ2v) is 5.55. The molecule has 0 aromatic heterocycles. The van der Waals surface area contributed by atoms with Gasteiger partial charge in [-0.25, -0.2) is 0 Å². The highest BCUT2D eigenvalue weighted by Gasteiger charge is 2.17. The summed E-state index contributed by atoms with van der Waals surface area (Å²) in [6, 6.07) is 16.9. The molecule has 2 aromatic rings. The average Bonchev–Trinajstić information content (AvgIpc) is 2.62. The summed E-state index contributed by atoms with van der Waals surface area (Å²) in [5, 5.41) is 0. The monoisotopic (exact) mass is 297 g/mol. The van der Waals surface area contributed by atoms with Gasteiger partial charge in [0.2, 0.25) is 0 Å². The van der Waals surface area contributed by atoms with Gasteiger partial charge in [0.15, 0.2) is 0 Å². The molecule has 1 aliphatic rings. The van der Waals surface area contributed by atoms with Crippen LogP contribution in [-0.4, -0.2) is 33.3 Å². The molecule has 0 spiro atoms. The molecule has 22 heavy (non-hydrogen) atoms. The molecule has 0 unspecified atom stereocenters. The highest BCUT2D eigenvalue weighted by atomic mass is 16.5. The van der Waals surface area contributed by atoms with E-state index >= 15 is 0 Å². The first-order valence-corrected chi connectivity index (χ1v) is 7.73. The molecule has 0 saturated carbocycles. The van der Waals surface area contributed by atoms with Gasteiger partial charge < -0.3 is 20.3 Å². The van der Waals surface area contributed by atoms with Gasteiger partial charge in [-0.2, -0.15) is 0 Å². The van der Waals surface area contributed by atoms with Crippen molar-refractivity contribution in [1.82, 2.24) is 0 Å². The topological polar surface area (TPSA) is 41.7 Å². The van der Waals surface area contributed by atoms with Crippen LogP contribution < -0.4 is 20.3 Å². The van der Waals surface area contributed by atoms with Crippen LogP contribution in [0.25, 0.3) is 0 Å². The minimum Gasteiger partial charge on any atom is -0.497 e. The lowest BCUT2D eigenvalue weighted by molar-refractivity contribution is 0.414. The third-order valence-electron chi connectivity index (χ3n) is 4.24. The molecular formula is C18H23N3O. The van der Waals surface area contributed by atoms with Crippen molar-refractivity contribution >= 4 is 11.4 Å². The second kappa shape index (κ2) is 6.71. The summed E-state index contributed by atoms with van der Waals surface area (Å²) in [7, 11) is 1.71. The zero-order valence-corrected chi connectivity index (χ0v) is 13.0. The fraction of sp³-hybridized carbons (Fsp3) is 0.333. The van der Waals surface area contributed by atoms with E-state index in [-0.39, 0.29) is 0 Å². The third kappa shape index (κ3) is 3.17. The molecule has 1 heterocycles. The van der Waals surface area contributed by atoms with Gasteiger partial charge in [-0.1, -0.05) is 18.2 Å². The van der Waals surface area contributed by atoms with E-state index in [9.17, 15) is 0 Å². The standard InChI is InChI=1S/C18H23N3O/c1-22-18-4-2-3-17(13-18)21-11-9-20(10-12-21)16-7-5-15(14-19)6-8-16/h2-8,13H,9-12,14,19H2,1H3. The molecule has 0 radical (unpaired) electrons. The van der Waals surface area contributed by atoms with Gasteiger partial charge in [0.1, 0.15) is 5.75 Å². The second-order valence-electron chi connectivity index (χ2n) is 5.55. The number of hydrogen-bond donors (Lipinski definition) is 1. The van der Waals surface area contributed by atoms with Crippen LogP contribution >= 0.6 is 0 Å². The number of ether oxygens (including phenoxy) is 1. The quantitative estimate of drug-likeness (QED) is 0.941. The van der Waals surface area contributed by atoms with Crippen LogP contribution in [0.5, 0.6) is 5.75 Å². The number of anilines is 2. The molecule has 2 N–H and O–H groups in total. The van der Waals surface area contributed by atoms with Crippen molar-refractivity contribution < 1.29 is 4.74 Å². The predicted octanol–water partition coefficient (Wildman–Crippen LogP) is 2.48. The smallest absolute Gasteiger partial charge is 0.120 e. The van der Waals surface area contributed by atoms with E-state index in [0.29, 0.717) is 6.54 Å². The van der Waals surface area contributed by atoms with E-state index in [0.717, 1.165) is 31.9 Å². The Kier molecular flexibility index (Phi) is 4.49. The predicted molar refractivity (Wildman–Crippen MR) is 91.8 cm³/mol. The van der Waals surface area contributed by atoms with Gasteiger partial charge in [0, 0.05) is 50.2 Å². The Morgan fingerprint density at radius 3 is 2.14 bits per heavy atom. The summed E-state index contributed by atoms with van der Waals surface area (Å²) < 4.78 is 5.31. The number of rotatable bonds is 4. The van der Waals surface area contributed by atoms with Crippen LogP contribution in [0.4, 0.5) is 11.4 Å². The first-order valence-electron chi connectivity index (χ1n) is 7.73. The maximum absolute atomic E-state index is 5.65. The summed E-state index contributed by atoms with van der Waals surface area (Å²) in [6.45, 7) is 4.69. The molecule has 4 heteroatoms. The van der Waals surface area contributed by atoms with E-state index < -0.39 is 0 Å². The lowest BCUT2D eigenvalue weighted by atomic mass is 10.1. The molecule has 116 valence electrons. The fourth-order valence-electron chi connectivity index (χ4n) is 2.87. The van der Waals surface area contributed by atoms with Crippen LogP contribution in [0.1, 0.15) is 5.56 Å². The van der Waals surface area contributed by atoms with E-state index in [2.05, 4.69) is 46.2 Å². The third-order valence-corrected chi connectivity index (χ3v) is 4.24. The molecular weight excluding hydrogens is 274 g/mol. The Bertz CT molecular complexity index is 604. The number of piperazine rings is 1. The summed E-state index contributed by atoms with van der Waals surface area (Å²) in [5.74, 6) is 0.914. The summed E-state index contributed by atoms with van der Waals surface area (Å²) in [4.78, 5) is 4.84. The molecule has 2 aromatic carbocycles. The highest BCUT2D eigenvalue weighted by Crippen LogP contribution is 2.24. The van der Waals surface area contributed by atoms with Gasteiger partial charge >= 0.3 is 0 Å². The van der Waals surface area contributed by atoms with Crippen LogP contribution in [0, 0.1) is 0 Å². The van der Waals surface area contributed by atoms with Gasteiger partial charge in [-0.3, -0.25) is 0 Å². The maximum Gasteiger partial charge on any atom is 0.120 e. The zero-order chi connectivity index (χ0) is 15.4. The molecule has 1 fully saturated rings. The van der Waals surface area contributed by atoms with Crippen LogP contribution in [-0.2, 0) is 6.54 Å². The van der Waals surface area contributed by atoms with Gasteiger partial charge in [0.05, 0.1) is 7.11 Å². The van der Waals surface area contributed by atoms with Crippen LogP contribution in [0.15, 0.2) is 48.5 Å². The van der Waals surface area contributed by atoms with Crippen molar-refractivity contribution in [3.63, 3.8) is 0 Å². The van der Waals surface area contributed by atoms with Crippen molar-refractivity contribution in [2.45, 2.75) is 6.54 Å². The molecule has 1 aliphatic heterocycles. The number of methoxy groups -OCH3 is 1. The molecule has 0 amide bonds. The minimum absolute atomic E-state index is 0.601. The van der Waals surface area contributed by atoms with Crippen LogP contribution in [0.2, 0.25) is 0 Å². The van der Waals surface area contributed by atoms with Gasteiger partial charge in [-0.15, -0.1) is 0 Å². The minimum atomic E-state index is 0.601. The van der Waals surface area contributed by atoms with E-state index in [1.165, 1.54) is 16.9 Å². The van der Waals surface area contributed by atoms with Crippen molar-refractivity contribution in [3.8, 4) is 5.75 Å². The van der Waals surface area contributed by atoms with Crippen molar-refractivity contribution in [2.75, 3.05) is 43.1 Å².